The maximum absolute atomic E-state index is 10.1. The summed E-state index contributed by atoms with van der Waals surface area (Å²) in [4.78, 5) is 0. The van der Waals surface area contributed by atoms with Crippen LogP contribution in [0, 0.1) is 11.8 Å². The van der Waals surface area contributed by atoms with Crippen LogP contribution in [0.15, 0.2) is 0 Å². The summed E-state index contributed by atoms with van der Waals surface area (Å²) in [5.41, 5.74) is -0.350. The predicted molar refractivity (Wildman–Crippen MR) is 44.3 cm³/mol. The van der Waals surface area contributed by atoms with Crippen molar-refractivity contribution < 1.29 is 5.11 Å². The van der Waals surface area contributed by atoms with Crippen LogP contribution in [0.1, 0.15) is 25.7 Å². The summed E-state index contributed by atoms with van der Waals surface area (Å²) >= 11 is 0. The second-order valence-corrected chi connectivity index (χ2v) is 4.21. The number of likely N-dealkylation sites (N-methyl/N-ethyl adjacent to an activating group) is 1. The largest absolute Gasteiger partial charge is 0.388 e. The fourth-order valence-electron chi connectivity index (χ4n) is 2.94. The first-order chi connectivity index (χ1) is 5.24. The third-order valence-corrected chi connectivity index (χ3v) is 3.43. The molecule has 2 bridgehead atoms. The van der Waals surface area contributed by atoms with E-state index in [0.717, 1.165) is 18.9 Å². The molecule has 0 aromatic rings. The van der Waals surface area contributed by atoms with Gasteiger partial charge in [-0.3, -0.25) is 0 Å². The van der Waals surface area contributed by atoms with E-state index in [2.05, 4.69) is 5.32 Å². The maximum Gasteiger partial charge on any atom is 0.0802 e. The summed E-state index contributed by atoms with van der Waals surface area (Å²) in [7, 11) is 1.92. The Bertz CT molecular complexity index is 160. The van der Waals surface area contributed by atoms with Gasteiger partial charge in [0.25, 0.3) is 0 Å². The van der Waals surface area contributed by atoms with E-state index in [4.69, 9.17) is 0 Å². The van der Waals surface area contributed by atoms with E-state index in [0.29, 0.717) is 5.92 Å². The normalized spacial score (nSPS) is 48.5. The minimum absolute atomic E-state index is 0.350. The third-order valence-electron chi connectivity index (χ3n) is 3.43. The van der Waals surface area contributed by atoms with Gasteiger partial charge < -0.3 is 10.4 Å². The first-order valence-corrected chi connectivity index (χ1v) is 4.61. The Morgan fingerprint density at radius 2 is 2.36 bits per heavy atom. The first kappa shape index (κ1) is 7.56. The van der Waals surface area contributed by atoms with E-state index in [1.54, 1.807) is 0 Å². The molecule has 2 fully saturated rings. The van der Waals surface area contributed by atoms with Crippen molar-refractivity contribution >= 4 is 0 Å². The van der Waals surface area contributed by atoms with E-state index < -0.39 is 0 Å². The quantitative estimate of drug-likeness (QED) is 0.617. The third kappa shape index (κ3) is 1.09. The highest BCUT2D eigenvalue weighted by molar-refractivity contribution is 5.01. The zero-order chi connectivity index (χ0) is 7.90. The zero-order valence-electron chi connectivity index (χ0n) is 7.14. The number of hydrogen-bond acceptors (Lipinski definition) is 2. The van der Waals surface area contributed by atoms with Crippen molar-refractivity contribution in [2.75, 3.05) is 13.6 Å². The van der Waals surface area contributed by atoms with Gasteiger partial charge in [-0.1, -0.05) is 0 Å². The van der Waals surface area contributed by atoms with Crippen molar-refractivity contribution in [1.29, 1.82) is 0 Å². The maximum atomic E-state index is 10.1. The second kappa shape index (κ2) is 2.46. The second-order valence-electron chi connectivity index (χ2n) is 4.21. The number of hydrogen-bond donors (Lipinski definition) is 2. The van der Waals surface area contributed by atoms with Gasteiger partial charge in [0.1, 0.15) is 0 Å². The van der Waals surface area contributed by atoms with Crippen LogP contribution in [-0.4, -0.2) is 24.3 Å². The summed E-state index contributed by atoms with van der Waals surface area (Å²) in [6.07, 6.45) is 4.93. The van der Waals surface area contributed by atoms with Crippen molar-refractivity contribution in [2.24, 2.45) is 11.8 Å². The van der Waals surface area contributed by atoms with Crippen LogP contribution in [0.3, 0.4) is 0 Å². The number of rotatable bonds is 2. The average molecular weight is 155 g/mol. The molecule has 2 N–H and O–H groups in total. The highest BCUT2D eigenvalue weighted by Crippen LogP contribution is 2.50. The Balaban J connectivity index is 2.04. The first-order valence-electron chi connectivity index (χ1n) is 4.61. The van der Waals surface area contributed by atoms with E-state index in [-0.39, 0.29) is 5.60 Å². The van der Waals surface area contributed by atoms with Gasteiger partial charge in [-0.15, -0.1) is 0 Å². The lowest BCUT2D eigenvalue weighted by molar-refractivity contribution is -0.0102. The molecule has 0 heterocycles. The lowest BCUT2D eigenvalue weighted by Gasteiger charge is -2.32. The van der Waals surface area contributed by atoms with Gasteiger partial charge in [0.15, 0.2) is 0 Å². The van der Waals surface area contributed by atoms with Crippen molar-refractivity contribution in [3.63, 3.8) is 0 Å². The Morgan fingerprint density at radius 1 is 1.55 bits per heavy atom. The van der Waals surface area contributed by atoms with Gasteiger partial charge in [0, 0.05) is 6.54 Å². The molecule has 0 amide bonds. The highest BCUT2D eigenvalue weighted by Gasteiger charge is 2.49. The van der Waals surface area contributed by atoms with Crippen molar-refractivity contribution in [3.8, 4) is 0 Å². The molecule has 3 unspecified atom stereocenters. The van der Waals surface area contributed by atoms with Crippen LogP contribution in [0.5, 0.6) is 0 Å². The Morgan fingerprint density at radius 3 is 2.82 bits per heavy atom. The molecule has 2 rings (SSSR count). The van der Waals surface area contributed by atoms with Gasteiger partial charge in [-0.05, 0) is 44.6 Å². The Labute approximate surface area is 68.0 Å². The molecular formula is C9H17NO. The van der Waals surface area contributed by atoms with E-state index in [9.17, 15) is 5.11 Å². The fraction of sp³-hybridized carbons (Fsp3) is 1.00. The lowest BCUT2D eigenvalue weighted by Crippen LogP contribution is -2.43. The molecule has 0 spiro atoms. The summed E-state index contributed by atoms with van der Waals surface area (Å²) in [6.45, 7) is 0.786. The van der Waals surface area contributed by atoms with Crippen molar-refractivity contribution in [1.82, 2.24) is 5.32 Å². The molecule has 2 aliphatic carbocycles. The van der Waals surface area contributed by atoms with Crippen LogP contribution in [-0.2, 0) is 0 Å². The molecule has 0 aromatic carbocycles. The van der Waals surface area contributed by atoms with E-state index >= 15 is 0 Å². The lowest BCUT2D eigenvalue weighted by atomic mass is 9.84. The minimum Gasteiger partial charge on any atom is -0.388 e. The molecule has 0 radical (unpaired) electrons. The van der Waals surface area contributed by atoms with Gasteiger partial charge in [0.05, 0.1) is 5.60 Å². The highest BCUT2D eigenvalue weighted by atomic mass is 16.3. The van der Waals surface area contributed by atoms with Crippen LogP contribution in [0.25, 0.3) is 0 Å². The van der Waals surface area contributed by atoms with Gasteiger partial charge >= 0.3 is 0 Å². The van der Waals surface area contributed by atoms with Crippen LogP contribution >= 0.6 is 0 Å². The van der Waals surface area contributed by atoms with Crippen LogP contribution in [0.2, 0.25) is 0 Å². The molecule has 0 aromatic heterocycles. The molecule has 0 saturated heterocycles. The summed E-state index contributed by atoms with van der Waals surface area (Å²) in [5.74, 6) is 1.43. The van der Waals surface area contributed by atoms with Gasteiger partial charge in [0.2, 0.25) is 0 Å². The van der Waals surface area contributed by atoms with Crippen LogP contribution < -0.4 is 5.32 Å². The molecule has 2 aliphatic rings. The number of aliphatic hydroxyl groups is 1. The molecule has 2 nitrogen and oxygen atoms in total. The Kier molecular flexibility index (Phi) is 1.69. The van der Waals surface area contributed by atoms with E-state index in [1.165, 1.54) is 19.3 Å². The molecule has 64 valence electrons. The van der Waals surface area contributed by atoms with Crippen LogP contribution in [0.4, 0.5) is 0 Å². The fourth-order valence-corrected chi connectivity index (χ4v) is 2.94. The topological polar surface area (TPSA) is 32.3 Å². The molecule has 11 heavy (non-hydrogen) atoms. The average Bonchev–Trinajstić information content (AvgIpc) is 2.45. The number of fused-ring (bicyclic) bond motifs is 2. The summed E-state index contributed by atoms with van der Waals surface area (Å²) in [6, 6.07) is 0. The number of nitrogens with one attached hydrogen (secondary N) is 1. The predicted octanol–water partition coefficient (Wildman–Crippen LogP) is 0.757. The summed E-state index contributed by atoms with van der Waals surface area (Å²) in [5, 5.41) is 13.2. The smallest absolute Gasteiger partial charge is 0.0802 e. The SMILES string of the molecule is CNCC1(O)CC2CCC1C2. The van der Waals surface area contributed by atoms with Crippen molar-refractivity contribution in [3.05, 3.63) is 0 Å². The monoisotopic (exact) mass is 155 g/mol. The molecular weight excluding hydrogens is 138 g/mol. The minimum atomic E-state index is -0.350. The van der Waals surface area contributed by atoms with Gasteiger partial charge in [-0.2, -0.15) is 0 Å². The Hall–Kier alpha value is -0.0800. The molecule has 2 saturated carbocycles. The summed E-state index contributed by atoms with van der Waals surface area (Å²) < 4.78 is 0. The molecule has 3 atom stereocenters. The van der Waals surface area contributed by atoms with Gasteiger partial charge in [-0.25, -0.2) is 0 Å². The zero-order valence-corrected chi connectivity index (χ0v) is 7.14. The van der Waals surface area contributed by atoms with E-state index in [1.807, 2.05) is 7.05 Å². The molecule has 2 heteroatoms. The molecule has 0 aliphatic heterocycles. The standard InChI is InChI=1S/C9H17NO/c1-10-6-9(11)5-7-2-3-8(9)4-7/h7-8,10-11H,2-6H2,1H3. The van der Waals surface area contributed by atoms with Crippen molar-refractivity contribution in [2.45, 2.75) is 31.3 Å².